The molecule has 0 atom stereocenters. The normalized spacial score (nSPS) is 10.3. The molecule has 0 radical (unpaired) electrons. The SMILES string of the molecule is CCOc1ccccc1NCC(=O)Nc1ccc(OCCCc2ccccc2)cc1. The van der Waals surface area contributed by atoms with E-state index < -0.39 is 0 Å². The molecule has 5 nitrogen and oxygen atoms in total. The maximum Gasteiger partial charge on any atom is 0.243 e. The van der Waals surface area contributed by atoms with Crippen LogP contribution in [-0.2, 0) is 11.2 Å². The molecule has 3 aromatic carbocycles. The molecule has 0 aliphatic rings. The predicted molar refractivity (Wildman–Crippen MR) is 121 cm³/mol. The summed E-state index contributed by atoms with van der Waals surface area (Å²) in [5, 5.41) is 6.00. The second-order valence-corrected chi connectivity index (χ2v) is 6.79. The van der Waals surface area contributed by atoms with Crippen LogP contribution in [0.2, 0.25) is 0 Å². The number of hydrogen-bond acceptors (Lipinski definition) is 4. The summed E-state index contributed by atoms with van der Waals surface area (Å²) in [6, 6.07) is 25.4. The molecule has 0 fully saturated rings. The van der Waals surface area contributed by atoms with Crippen LogP contribution in [0.5, 0.6) is 11.5 Å². The maximum atomic E-state index is 12.2. The third-order valence-corrected chi connectivity index (χ3v) is 4.49. The molecule has 5 heteroatoms. The highest BCUT2D eigenvalue weighted by atomic mass is 16.5. The maximum absolute atomic E-state index is 12.2. The fraction of sp³-hybridized carbons (Fsp3) is 0.240. The third-order valence-electron chi connectivity index (χ3n) is 4.49. The van der Waals surface area contributed by atoms with Crippen molar-refractivity contribution >= 4 is 17.3 Å². The van der Waals surface area contributed by atoms with E-state index in [0.717, 1.165) is 35.7 Å². The third kappa shape index (κ3) is 6.85. The second kappa shape index (κ2) is 11.5. The summed E-state index contributed by atoms with van der Waals surface area (Å²) in [4.78, 5) is 12.2. The van der Waals surface area contributed by atoms with Crippen LogP contribution in [0.25, 0.3) is 0 Å². The zero-order valence-electron chi connectivity index (χ0n) is 17.3. The van der Waals surface area contributed by atoms with Crippen molar-refractivity contribution in [2.24, 2.45) is 0 Å². The van der Waals surface area contributed by atoms with Gasteiger partial charge in [0.05, 0.1) is 25.4 Å². The van der Waals surface area contributed by atoms with E-state index in [9.17, 15) is 4.79 Å². The number of benzene rings is 3. The molecule has 0 spiro atoms. The van der Waals surface area contributed by atoms with E-state index in [1.807, 2.05) is 61.5 Å². The highest BCUT2D eigenvalue weighted by Gasteiger charge is 2.06. The largest absolute Gasteiger partial charge is 0.494 e. The smallest absolute Gasteiger partial charge is 0.243 e. The van der Waals surface area contributed by atoms with Crippen LogP contribution in [0, 0.1) is 0 Å². The monoisotopic (exact) mass is 404 g/mol. The van der Waals surface area contributed by atoms with Gasteiger partial charge in [-0.25, -0.2) is 0 Å². The summed E-state index contributed by atoms with van der Waals surface area (Å²) >= 11 is 0. The minimum absolute atomic E-state index is 0.127. The van der Waals surface area contributed by atoms with E-state index in [0.29, 0.717) is 13.2 Å². The van der Waals surface area contributed by atoms with Crippen molar-refractivity contribution in [2.75, 3.05) is 30.4 Å². The van der Waals surface area contributed by atoms with Crippen molar-refractivity contribution in [3.8, 4) is 11.5 Å². The first kappa shape index (κ1) is 21.2. The number of hydrogen-bond donors (Lipinski definition) is 2. The Balaban J connectivity index is 1.40. The summed E-state index contributed by atoms with van der Waals surface area (Å²) in [5.41, 5.74) is 2.85. The summed E-state index contributed by atoms with van der Waals surface area (Å²) in [6.45, 7) is 3.32. The molecular weight excluding hydrogens is 376 g/mol. The Morgan fingerprint density at radius 1 is 0.867 bits per heavy atom. The molecule has 0 unspecified atom stereocenters. The Morgan fingerprint density at radius 3 is 2.37 bits per heavy atom. The van der Waals surface area contributed by atoms with Gasteiger partial charge in [0.2, 0.25) is 5.91 Å². The van der Waals surface area contributed by atoms with Gasteiger partial charge in [0, 0.05) is 5.69 Å². The number of carbonyl (C=O) groups excluding carboxylic acids is 1. The van der Waals surface area contributed by atoms with Crippen molar-refractivity contribution < 1.29 is 14.3 Å². The zero-order chi connectivity index (χ0) is 21.0. The lowest BCUT2D eigenvalue weighted by Crippen LogP contribution is -2.22. The molecule has 0 aromatic heterocycles. The van der Waals surface area contributed by atoms with Gasteiger partial charge in [-0.3, -0.25) is 4.79 Å². The fourth-order valence-corrected chi connectivity index (χ4v) is 3.02. The average molecular weight is 405 g/mol. The van der Waals surface area contributed by atoms with Crippen molar-refractivity contribution in [3.63, 3.8) is 0 Å². The average Bonchev–Trinajstić information content (AvgIpc) is 2.78. The van der Waals surface area contributed by atoms with Gasteiger partial charge in [-0.05, 0) is 61.7 Å². The highest BCUT2D eigenvalue weighted by molar-refractivity contribution is 5.94. The Bertz CT molecular complexity index is 911. The Kier molecular flexibility index (Phi) is 8.15. The number of ether oxygens (including phenoxy) is 2. The van der Waals surface area contributed by atoms with Crippen LogP contribution in [0.15, 0.2) is 78.9 Å². The highest BCUT2D eigenvalue weighted by Crippen LogP contribution is 2.23. The molecule has 0 aliphatic carbocycles. The molecule has 3 rings (SSSR count). The van der Waals surface area contributed by atoms with E-state index in [4.69, 9.17) is 9.47 Å². The van der Waals surface area contributed by atoms with Crippen LogP contribution >= 0.6 is 0 Å². The van der Waals surface area contributed by atoms with Gasteiger partial charge in [0.1, 0.15) is 11.5 Å². The summed E-state index contributed by atoms with van der Waals surface area (Å²) < 4.78 is 11.3. The standard InChI is InChI=1S/C25H28N2O3/c1-2-29-24-13-7-6-12-23(24)26-19-25(28)27-21-14-16-22(17-15-21)30-18-8-11-20-9-4-3-5-10-20/h3-7,9-10,12-17,26H,2,8,11,18-19H2,1H3,(H,27,28). The first-order valence-electron chi connectivity index (χ1n) is 10.3. The van der Waals surface area contributed by atoms with E-state index >= 15 is 0 Å². The molecule has 156 valence electrons. The summed E-state index contributed by atoms with van der Waals surface area (Å²) in [6.07, 6.45) is 1.95. The topological polar surface area (TPSA) is 59.6 Å². The van der Waals surface area contributed by atoms with Crippen LogP contribution < -0.4 is 20.1 Å². The van der Waals surface area contributed by atoms with Crippen LogP contribution in [0.1, 0.15) is 18.9 Å². The van der Waals surface area contributed by atoms with Crippen LogP contribution in [0.4, 0.5) is 11.4 Å². The van der Waals surface area contributed by atoms with Gasteiger partial charge in [-0.15, -0.1) is 0 Å². The molecule has 3 aromatic rings. The van der Waals surface area contributed by atoms with Crippen molar-refractivity contribution in [3.05, 3.63) is 84.4 Å². The minimum Gasteiger partial charge on any atom is -0.494 e. The summed E-state index contributed by atoms with van der Waals surface area (Å²) in [5.74, 6) is 1.41. The van der Waals surface area contributed by atoms with E-state index in [2.05, 4.69) is 34.9 Å². The van der Waals surface area contributed by atoms with E-state index in [-0.39, 0.29) is 12.5 Å². The number of para-hydroxylation sites is 2. The predicted octanol–water partition coefficient (Wildman–Crippen LogP) is 5.15. The lowest BCUT2D eigenvalue weighted by atomic mass is 10.1. The Morgan fingerprint density at radius 2 is 1.60 bits per heavy atom. The Hall–Kier alpha value is -3.47. The van der Waals surface area contributed by atoms with Crippen molar-refractivity contribution in [2.45, 2.75) is 19.8 Å². The van der Waals surface area contributed by atoms with E-state index in [1.165, 1.54) is 5.56 Å². The first-order chi connectivity index (χ1) is 14.7. The summed E-state index contributed by atoms with van der Waals surface area (Å²) in [7, 11) is 0. The first-order valence-corrected chi connectivity index (χ1v) is 10.3. The molecular formula is C25H28N2O3. The lowest BCUT2D eigenvalue weighted by Gasteiger charge is -2.12. The second-order valence-electron chi connectivity index (χ2n) is 6.79. The van der Waals surface area contributed by atoms with Crippen molar-refractivity contribution in [1.29, 1.82) is 0 Å². The fourth-order valence-electron chi connectivity index (χ4n) is 3.02. The number of anilines is 2. The van der Waals surface area contributed by atoms with Gasteiger partial charge >= 0.3 is 0 Å². The number of carbonyl (C=O) groups is 1. The molecule has 2 N–H and O–H groups in total. The van der Waals surface area contributed by atoms with Gasteiger partial charge in [-0.2, -0.15) is 0 Å². The molecule has 1 amide bonds. The molecule has 30 heavy (non-hydrogen) atoms. The molecule has 0 heterocycles. The Labute approximate surface area is 178 Å². The van der Waals surface area contributed by atoms with E-state index in [1.54, 1.807) is 0 Å². The lowest BCUT2D eigenvalue weighted by molar-refractivity contribution is -0.114. The van der Waals surface area contributed by atoms with Crippen LogP contribution in [-0.4, -0.2) is 25.7 Å². The molecule has 0 aliphatic heterocycles. The van der Waals surface area contributed by atoms with Gasteiger partial charge < -0.3 is 20.1 Å². The number of nitrogens with one attached hydrogen (secondary N) is 2. The molecule has 0 saturated carbocycles. The number of rotatable bonds is 11. The molecule has 0 saturated heterocycles. The number of amides is 1. The minimum atomic E-state index is -0.127. The zero-order valence-corrected chi connectivity index (χ0v) is 17.3. The van der Waals surface area contributed by atoms with Crippen molar-refractivity contribution in [1.82, 2.24) is 0 Å². The van der Waals surface area contributed by atoms with Crippen LogP contribution in [0.3, 0.4) is 0 Å². The van der Waals surface area contributed by atoms with Gasteiger partial charge in [0.25, 0.3) is 0 Å². The van der Waals surface area contributed by atoms with Gasteiger partial charge in [0.15, 0.2) is 0 Å². The van der Waals surface area contributed by atoms with Gasteiger partial charge in [-0.1, -0.05) is 42.5 Å². The molecule has 0 bridgehead atoms. The number of aryl methyl sites for hydroxylation is 1. The quantitative estimate of drug-likeness (QED) is 0.434.